The van der Waals surface area contributed by atoms with Gasteiger partial charge in [-0.25, -0.2) is 0 Å². The van der Waals surface area contributed by atoms with Crippen LogP contribution in [0.25, 0.3) is 0 Å². The van der Waals surface area contributed by atoms with E-state index in [9.17, 15) is 9.59 Å². The van der Waals surface area contributed by atoms with Gasteiger partial charge in [0.2, 0.25) is 11.8 Å². The van der Waals surface area contributed by atoms with Gasteiger partial charge in [-0.15, -0.1) is 0 Å². The van der Waals surface area contributed by atoms with Gasteiger partial charge in [-0.1, -0.05) is 12.1 Å². The number of nitrogens with one attached hydrogen (secondary N) is 2. The Bertz CT molecular complexity index is 404. The molecule has 0 fully saturated rings. The second-order valence-electron chi connectivity index (χ2n) is 3.59. The minimum Gasteiger partial charge on any atom is -0.375 e. The molecular weight excluding hydrogens is 220 g/mol. The van der Waals surface area contributed by atoms with Crippen molar-refractivity contribution in [3.63, 3.8) is 0 Å². The van der Waals surface area contributed by atoms with Crippen LogP contribution < -0.4 is 10.6 Å². The molecule has 5 nitrogen and oxygen atoms in total. The van der Waals surface area contributed by atoms with Gasteiger partial charge >= 0.3 is 0 Å². The Balaban J connectivity index is 2.53. The molecule has 0 spiro atoms. The van der Waals surface area contributed by atoms with E-state index in [1.54, 1.807) is 6.07 Å². The highest BCUT2D eigenvalue weighted by atomic mass is 16.5. The maximum atomic E-state index is 11.2. The highest BCUT2D eigenvalue weighted by Gasteiger charge is 2.01. The summed E-state index contributed by atoms with van der Waals surface area (Å²) in [6.45, 7) is 1.91. The fraction of sp³-hybridized carbons (Fsp3) is 0.333. The first-order valence-electron chi connectivity index (χ1n) is 5.24. The first kappa shape index (κ1) is 13.2. The molecular formula is C12H16N2O3. The lowest BCUT2D eigenvalue weighted by Crippen LogP contribution is -2.26. The molecule has 17 heavy (non-hydrogen) atoms. The van der Waals surface area contributed by atoms with Crippen molar-refractivity contribution in [2.24, 2.45) is 0 Å². The molecule has 2 amide bonds. The fourth-order valence-electron chi connectivity index (χ4n) is 1.35. The third-order valence-electron chi connectivity index (χ3n) is 2.01. The van der Waals surface area contributed by atoms with E-state index >= 15 is 0 Å². The van der Waals surface area contributed by atoms with E-state index in [2.05, 4.69) is 10.6 Å². The Kier molecular flexibility index (Phi) is 5.16. The standard InChI is InChI=1S/C12H16N2O3/c1-9(15)14-11-5-3-4-10(6-11)7-13-12(16)8-17-2/h3-6H,7-8H2,1-2H3,(H,13,16)(H,14,15). The summed E-state index contributed by atoms with van der Waals surface area (Å²) in [4.78, 5) is 22.1. The van der Waals surface area contributed by atoms with E-state index in [1.165, 1.54) is 14.0 Å². The van der Waals surface area contributed by atoms with Crippen molar-refractivity contribution < 1.29 is 14.3 Å². The van der Waals surface area contributed by atoms with E-state index in [-0.39, 0.29) is 18.4 Å². The van der Waals surface area contributed by atoms with Gasteiger partial charge in [-0.3, -0.25) is 9.59 Å². The molecule has 92 valence electrons. The maximum absolute atomic E-state index is 11.2. The minimum atomic E-state index is -0.169. The zero-order valence-electron chi connectivity index (χ0n) is 9.95. The van der Waals surface area contributed by atoms with Crippen LogP contribution in [0.2, 0.25) is 0 Å². The van der Waals surface area contributed by atoms with Crippen molar-refractivity contribution in [3.8, 4) is 0 Å². The van der Waals surface area contributed by atoms with Gasteiger partial charge in [0.1, 0.15) is 6.61 Å². The Labute approximate surface area is 100 Å². The third-order valence-corrected chi connectivity index (χ3v) is 2.01. The number of methoxy groups -OCH3 is 1. The normalized spacial score (nSPS) is 9.76. The number of carbonyl (C=O) groups excluding carboxylic acids is 2. The molecule has 0 aliphatic heterocycles. The van der Waals surface area contributed by atoms with E-state index in [0.29, 0.717) is 6.54 Å². The summed E-state index contributed by atoms with van der Waals surface area (Å²) in [6, 6.07) is 7.30. The fourth-order valence-corrected chi connectivity index (χ4v) is 1.35. The van der Waals surface area contributed by atoms with Gasteiger partial charge in [0, 0.05) is 26.3 Å². The Morgan fingerprint density at radius 1 is 1.35 bits per heavy atom. The third kappa shape index (κ3) is 5.12. The van der Waals surface area contributed by atoms with Crippen LogP contribution in [0.4, 0.5) is 5.69 Å². The Morgan fingerprint density at radius 3 is 2.76 bits per heavy atom. The summed E-state index contributed by atoms with van der Waals surface area (Å²) < 4.78 is 4.70. The van der Waals surface area contributed by atoms with Crippen LogP contribution in [0, 0.1) is 0 Å². The molecule has 0 atom stereocenters. The monoisotopic (exact) mass is 236 g/mol. The molecule has 1 aromatic carbocycles. The van der Waals surface area contributed by atoms with Gasteiger partial charge in [-0.05, 0) is 17.7 Å². The smallest absolute Gasteiger partial charge is 0.246 e. The average Bonchev–Trinajstić information content (AvgIpc) is 2.26. The van der Waals surface area contributed by atoms with E-state index in [0.717, 1.165) is 11.3 Å². The summed E-state index contributed by atoms with van der Waals surface area (Å²) >= 11 is 0. The highest BCUT2D eigenvalue weighted by Crippen LogP contribution is 2.10. The van der Waals surface area contributed by atoms with Gasteiger partial charge < -0.3 is 15.4 Å². The quantitative estimate of drug-likeness (QED) is 0.798. The summed E-state index contributed by atoms with van der Waals surface area (Å²) in [5.41, 5.74) is 1.64. The van der Waals surface area contributed by atoms with Crippen molar-refractivity contribution in [1.82, 2.24) is 5.32 Å². The lowest BCUT2D eigenvalue weighted by molar-refractivity contribution is -0.124. The van der Waals surface area contributed by atoms with Crippen LogP contribution in [0.1, 0.15) is 12.5 Å². The van der Waals surface area contributed by atoms with Crippen LogP contribution in [0.5, 0.6) is 0 Å². The van der Waals surface area contributed by atoms with Crippen LogP contribution in [0.3, 0.4) is 0 Å². The number of anilines is 1. The number of benzene rings is 1. The summed E-state index contributed by atoms with van der Waals surface area (Å²) in [7, 11) is 1.47. The molecule has 0 aliphatic carbocycles. The Morgan fingerprint density at radius 2 is 2.12 bits per heavy atom. The number of amides is 2. The summed E-state index contributed by atoms with van der Waals surface area (Å²) in [5.74, 6) is -0.289. The molecule has 5 heteroatoms. The average molecular weight is 236 g/mol. The first-order valence-corrected chi connectivity index (χ1v) is 5.24. The van der Waals surface area contributed by atoms with Crippen LogP contribution in [0.15, 0.2) is 24.3 Å². The predicted molar refractivity (Wildman–Crippen MR) is 64.5 cm³/mol. The van der Waals surface area contributed by atoms with E-state index in [4.69, 9.17) is 4.74 Å². The number of hydrogen-bond acceptors (Lipinski definition) is 3. The molecule has 0 heterocycles. The van der Waals surface area contributed by atoms with Crippen molar-refractivity contribution in [2.75, 3.05) is 19.0 Å². The predicted octanol–water partition coefficient (Wildman–Crippen LogP) is 0.908. The topological polar surface area (TPSA) is 67.4 Å². The first-order chi connectivity index (χ1) is 8.11. The molecule has 0 saturated carbocycles. The Hall–Kier alpha value is -1.88. The number of carbonyl (C=O) groups is 2. The number of rotatable bonds is 5. The van der Waals surface area contributed by atoms with Gasteiger partial charge in [0.05, 0.1) is 0 Å². The van der Waals surface area contributed by atoms with Gasteiger partial charge in [0.15, 0.2) is 0 Å². The van der Waals surface area contributed by atoms with Crippen molar-refractivity contribution in [2.45, 2.75) is 13.5 Å². The maximum Gasteiger partial charge on any atom is 0.246 e. The second kappa shape index (κ2) is 6.65. The molecule has 0 radical (unpaired) electrons. The molecule has 0 bridgehead atoms. The summed E-state index contributed by atoms with van der Waals surface area (Å²) in [5, 5.41) is 5.39. The highest BCUT2D eigenvalue weighted by molar-refractivity contribution is 5.88. The van der Waals surface area contributed by atoms with Crippen molar-refractivity contribution in [1.29, 1.82) is 0 Å². The van der Waals surface area contributed by atoms with E-state index in [1.807, 2.05) is 18.2 Å². The largest absolute Gasteiger partial charge is 0.375 e. The molecule has 1 rings (SSSR count). The lowest BCUT2D eigenvalue weighted by Gasteiger charge is -2.07. The molecule has 1 aromatic rings. The zero-order chi connectivity index (χ0) is 12.7. The minimum absolute atomic E-state index is 0.0470. The van der Waals surface area contributed by atoms with E-state index < -0.39 is 0 Å². The lowest BCUT2D eigenvalue weighted by atomic mass is 10.2. The SMILES string of the molecule is COCC(=O)NCc1cccc(NC(C)=O)c1. The number of hydrogen-bond donors (Lipinski definition) is 2. The van der Waals surface area contributed by atoms with Gasteiger partial charge in [0.25, 0.3) is 0 Å². The molecule has 0 unspecified atom stereocenters. The molecule has 0 aliphatic rings. The molecule has 0 saturated heterocycles. The van der Waals surface area contributed by atoms with Crippen LogP contribution in [-0.2, 0) is 20.9 Å². The molecule has 0 aromatic heterocycles. The second-order valence-corrected chi connectivity index (χ2v) is 3.59. The van der Waals surface area contributed by atoms with Crippen molar-refractivity contribution in [3.05, 3.63) is 29.8 Å². The zero-order valence-corrected chi connectivity index (χ0v) is 9.95. The van der Waals surface area contributed by atoms with Crippen LogP contribution >= 0.6 is 0 Å². The summed E-state index contributed by atoms with van der Waals surface area (Å²) in [6.07, 6.45) is 0. The molecule has 2 N–H and O–H groups in total. The van der Waals surface area contributed by atoms with Gasteiger partial charge in [-0.2, -0.15) is 0 Å². The number of ether oxygens (including phenoxy) is 1. The van der Waals surface area contributed by atoms with Crippen molar-refractivity contribution >= 4 is 17.5 Å². The van der Waals surface area contributed by atoms with Crippen LogP contribution in [-0.4, -0.2) is 25.5 Å².